The quantitative estimate of drug-likeness (QED) is 0.100. The Morgan fingerprint density at radius 2 is 0.904 bits per heavy atom. The summed E-state index contributed by atoms with van der Waals surface area (Å²) >= 11 is 0. The molecule has 8 rings (SSSR count). The average molecular weight is 1000 g/mol. The van der Waals surface area contributed by atoms with Crippen molar-refractivity contribution in [3.05, 3.63) is 95.1 Å². The summed E-state index contributed by atoms with van der Waals surface area (Å²) in [6, 6.07) is 22.6. The molecule has 2 saturated heterocycles. The van der Waals surface area contributed by atoms with Gasteiger partial charge in [-0.05, 0) is 154 Å². The van der Waals surface area contributed by atoms with Crippen molar-refractivity contribution < 1.29 is 34.8 Å². The molecule has 2 fully saturated rings. The van der Waals surface area contributed by atoms with Gasteiger partial charge in [-0.1, -0.05) is 77.9 Å². The molecule has 15 nitrogen and oxygen atoms in total. The number of fused-ring (bicyclic) bond motifs is 2. The van der Waals surface area contributed by atoms with Gasteiger partial charge in [-0.15, -0.1) is 30.0 Å². The first-order valence-electron chi connectivity index (χ1n) is 25.6. The summed E-state index contributed by atoms with van der Waals surface area (Å²) in [6.07, 6.45) is 4.36. The third-order valence-corrected chi connectivity index (χ3v) is 15.0. The Hall–Kier alpha value is -5.90. The Labute approximate surface area is 432 Å². The first kappa shape index (κ1) is 56.4. The zero-order valence-corrected chi connectivity index (χ0v) is 46.3. The molecule has 2 aliphatic rings. The van der Waals surface area contributed by atoms with Crippen LogP contribution in [0.2, 0.25) is 0 Å². The highest BCUT2D eigenvalue weighted by Gasteiger charge is 2.45. The number of carbonyl (C=O) groups excluding carboxylic acids is 1. The van der Waals surface area contributed by atoms with E-state index in [4.69, 9.17) is 9.84 Å². The number of hydrogen-bond donors (Lipinski definition) is 4. The van der Waals surface area contributed by atoms with Crippen LogP contribution in [0.4, 0.5) is 0 Å². The molecule has 0 aliphatic carbocycles. The van der Waals surface area contributed by atoms with E-state index in [2.05, 4.69) is 120 Å². The van der Waals surface area contributed by atoms with Gasteiger partial charge >= 0.3 is 11.9 Å². The number of phenolic OH excluding ortho intramolecular Hbond substituents is 2. The molecule has 0 atom stereocenters. The molecule has 2 aromatic heterocycles. The standard InChI is InChI=1S/C29H40N4O3.C19H21N3O3.C10H21NO/c1-27(2,3)21-15-19(16-24(26(21)35)33-30-22-11-9-10-12-23(22)31-33)13-14-25(34)36-20-17-28(4,5)32(8)29(6,7)18-20;1-19(2,3)13-10-12(8-9-17(23)24)11-16(18(13)25)22-20-14-6-4-5-7-15(14)21-22;1-9(2)6-8(12)7-10(3,4)11(9)5/h9-12,15-16,20,35H,13-14,17-18H2,1-8H3;4-7,10-11,25H,8-9H2,1-3H3,(H,23,24);8,12H,6-7H2,1-5H3. The van der Waals surface area contributed by atoms with Gasteiger partial charge in [0.15, 0.2) is 0 Å². The van der Waals surface area contributed by atoms with Crippen molar-refractivity contribution in [1.82, 2.24) is 39.8 Å². The number of hydrogen-bond acceptors (Lipinski definition) is 12. The monoisotopic (exact) mass is 1000 g/mol. The zero-order valence-electron chi connectivity index (χ0n) is 46.3. The molecular weight excluding hydrogens is 921 g/mol. The van der Waals surface area contributed by atoms with E-state index in [0.717, 1.165) is 70.0 Å². The second kappa shape index (κ2) is 21.1. The van der Waals surface area contributed by atoms with Crippen LogP contribution in [0.3, 0.4) is 0 Å². The second-order valence-corrected chi connectivity index (χ2v) is 24.8. The van der Waals surface area contributed by atoms with Gasteiger partial charge in [-0.25, -0.2) is 0 Å². The number of carboxylic acid groups (broad SMARTS) is 1. The highest BCUT2D eigenvalue weighted by Crippen LogP contribution is 2.41. The van der Waals surface area contributed by atoms with E-state index in [0.29, 0.717) is 24.2 Å². The molecule has 0 unspecified atom stereocenters. The highest BCUT2D eigenvalue weighted by molar-refractivity contribution is 5.75. The molecule has 4 N–H and O–H groups in total. The van der Waals surface area contributed by atoms with Crippen LogP contribution in [-0.2, 0) is 38.0 Å². The van der Waals surface area contributed by atoms with Crippen molar-refractivity contribution in [2.24, 2.45) is 0 Å². The molecule has 4 heterocycles. The van der Waals surface area contributed by atoms with E-state index in [1.807, 2.05) is 87.5 Å². The van der Waals surface area contributed by atoms with Crippen LogP contribution < -0.4 is 0 Å². The number of ether oxygens (including phenoxy) is 1. The minimum Gasteiger partial charge on any atom is -0.505 e. The normalized spacial score (nSPS) is 18.2. The summed E-state index contributed by atoms with van der Waals surface area (Å²) in [5.74, 6) is -0.766. The summed E-state index contributed by atoms with van der Waals surface area (Å²) in [5, 5.41) is 58.6. The molecule has 2 aliphatic heterocycles. The van der Waals surface area contributed by atoms with E-state index in [1.54, 1.807) is 6.07 Å². The smallest absolute Gasteiger partial charge is 0.306 e. The van der Waals surface area contributed by atoms with Gasteiger partial charge in [-0.2, -0.15) is 0 Å². The third-order valence-electron chi connectivity index (χ3n) is 15.0. The number of aliphatic hydroxyl groups excluding tert-OH is 1. The first-order chi connectivity index (χ1) is 33.7. The number of aliphatic carboxylic acids is 1. The summed E-state index contributed by atoms with van der Waals surface area (Å²) < 4.78 is 5.96. The number of aromatic nitrogens is 6. The number of rotatable bonds is 9. The van der Waals surface area contributed by atoms with E-state index in [9.17, 15) is 24.9 Å². The molecule has 6 aromatic rings. The maximum absolute atomic E-state index is 12.9. The number of likely N-dealkylation sites (tertiary alicyclic amines) is 2. The topological polar surface area (TPSA) is 192 Å². The number of carbonyl (C=O) groups is 2. The van der Waals surface area contributed by atoms with Crippen LogP contribution in [0.1, 0.15) is 158 Å². The first-order valence-corrected chi connectivity index (χ1v) is 25.6. The summed E-state index contributed by atoms with van der Waals surface area (Å²) in [7, 11) is 4.29. The number of phenols is 2. The Morgan fingerprint density at radius 3 is 1.23 bits per heavy atom. The van der Waals surface area contributed by atoms with E-state index in [1.165, 1.54) is 9.59 Å². The Bertz CT molecular complexity index is 2820. The van der Waals surface area contributed by atoms with Crippen LogP contribution in [0.5, 0.6) is 11.5 Å². The molecule has 0 saturated carbocycles. The second-order valence-electron chi connectivity index (χ2n) is 24.8. The van der Waals surface area contributed by atoms with Gasteiger partial charge < -0.3 is 25.2 Å². The highest BCUT2D eigenvalue weighted by atomic mass is 16.5. The fourth-order valence-corrected chi connectivity index (χ4v) is 10.5. The maximum atomic E-state index is 12.9. The van der Waals surface area contributed by atoms with E-state index < -0.39 is 5.97 Å². The molecule has 0 bridgehead atoms. The van der Waals surface area contributed by atoms with Gasteiger partial charge in [0.05, 0.1) is 6.10 Å². The van der Waals surface area contributed by atoms with Crippen molar-refractivity contribution in [3.63, 3.8) is 0 Å². The minimum atomic E-state index is -0.852. The van der Waals surface area contributed by atoms with Gasteiger partial charge in [-0.3, -0.25) is 19.4 Å². The number of carboxylic acids is 1. The number of aryl methyl sites for hydroxylation is 2. The summed E-state index contributed by atoms with van der Waals surface area (Å²) in [4.78, 5) is 31.5. The fraction of sp³-hybridized carbons (Fsp3) is 0.552. The number of aliphatic hydroxyl groups is 1. The van der Waals surface area contributed by atoms with Crippen molar-refractivity contribution in [3.8, 4) is 22.9 Å². The van der Waals surface area contributed by atoms with Crippen molar-refractivity contribution in [2.45, 2.75) is 193 Å². The third kappa shape index (κ3) is 13.5. The Morgan fingerprint density at radius 1 is 0.575 bits per heavy atom. The fourth-order valence-electron chi connectivity index (χ4n) is 10.5. The maximum Gasteiger partial charge on any atom is 0.306 e. The Kier molecular flexibility index (Phi) is 16.3. The average Bonchev–Trinajstić information content (AvgIpc) is 3.91. The lowest BCUT2D eigenvalue weighted by atomic mass is 9.79. The lowest BCUT2D eigenvalue weighted by Gasteiger charge is -2.53. The number of benzene rings is 4. The number of aromatic hydroxyl groups is 2. The zero-order chi connectivity index (χ0) is 54.2. The predicted octanol–water partition coefficient (Wildman–Crippen LogP) is 10.6. The van der Waals surface area contributed by atoms with Gasteiger partial charge in [0.25, 0.3) is 0 Å². The lowest BCUT2D eigenvalue weighted by Crippen LogP contribution is -2.60. The van der Waals surface area contributed by atoms with Gasteiger partial charge in [0.2, 0.25) is 0 Å². The number of esters is 1. The molecule has 396 valence electrons. The molecule has 0 radical (unpaired) electrons. The largest absolute Gasteiger partial charge is 0.505 e. The van der Waals surface area contributed by atoms with Crippen molar-refractivity contribution in [2.75, 3.05) is 14.1 Å². The molecule has 0 amide bonds. The molecular formula is C58H82N8O7. The van der Waals surface area contributed by atoms with Crippen molar-refractivity contribution in [1.29, 1.82) is 0 Å². The van der Waals surface area contributed by atoms with Gasteiger partial charge in [0, 0.05) is 59.0 Å². The SMILES string of the molecule is CC(C)(C)c1cc(CCC(=O)O)cc(-n2nc3ccccc3n2)c1O.CN1C(C)(C)CC(O)CC1(C)C.CN1C(C)(C)CC(OC(=O)CCc2cc(-n3nc4ccccc4n3)c(O)c(C(C)(C)C)c2)CC1(C)C. The number of piperidine rings is 2. The van der Waals surface area contributed by atoms with Crippen LogP contribution in [0.25, 0.3) is 33.4 Å². The van der Waals surface area contributed by atoms with Gasteiger partial charge in [0.1, 0.15) is 51.0 Å². The summed E-state index contributed by atoms with van der Waals surface area (Å²) in [5.41, 5.74) is 6.84. The number of nitrogens with zero attached hydrogens (tertiary/aromatic N) is 8. The predicted molar refractivity (Wildman–Crippen MR) is 289 cm³/mol. The minimum absolute atomic E-state index is 0.0301. The van der Waals surface area contributed by atoms with E-state index >= 15 is 0 Å². The van der Waals surface area contributed by atoms with E-state index in [-0.39, 0.29) is 75.5 Å². The lowest BCUT2D eigenvalue weighted by molar-refractivity contribution is -0.158. The van der Waals surface area contributed by atoms with Crippen LogP contribution in [0.15, 0.2) is 72.8 Å². The molecule has 15 heteroatoms. The van der Waals surface area contributed by atoms with Crippen LogP contribution >= 0.6 is 0 Å². The Balaban J connectivity index is 0.000000202. The summed E-state index contributed by atoms with van der Waals surface area (Å²) in [6.45, 7) is 29.7. The van der Waals surface area contributed by atoms with Crippen LogP contribution in [0, 0.1) is 0 Å². The molecule has 4 aromatic carbocycles. The molecule has 0 spiro atoms. The van der Waals surface area contributed by atoms with Crippen LogP contribution in [-0.4, -0.2) is 121 Å². The van der Waals surface area contributed by atoms with Crippen molar-refractivity contribution >= 4 is 34.0 Å². The molecule has 73 heavy (non-hydrogen) atoms.